The fourth-order valence-corrected chi connectivity index (χ4v) is 0.963. The van der Waals surface area contributed by atoms with Gasteiger partial charge in [0.2, 0.25) is 5.78 Å². The highest BCUT2D eigenvalue weighted by Crippen LogP contribution is 2.28. The summed E-state index contributed by atoms with van der Waals surface area (Å²) in [6.07, 6.45) is 0.170. The second-order valence-electron chi connectivity index (χ2n) is 2.47. The van der Waals surface area contributed by atoms with Gasteiger partial charge >= 0.3 is 6.18 Å². The van der Waals surface area contributed by atoms with E-state index in [2.05, 4.69) is 9.97 Å². The van der Waals surface area contributed by atoms with Gasteiger partial charge in [-0.3, -0.25) is 4.40 Å². The van der Waals surface area contributed by atoms with E-state index >= 15 is 0 Å². The van der Waals surface area contributed by atoms with E-state index in [1.807, 2.05) is 0 Å². The van der Waals surface area contributed by atoms with Crippen LogP contribution in [-0.4, -0.2) is 14.4 Å². The summed E-state index contributed by atoms with van der Waals surface area (Å²) in [6.45, 7) is 0. The Morgan fingerprint density at radius 1 is 1.23 bits per heavy atom. The maximum atomic E-state index is 12.1. The van der Waals surface area contributed by atoms with Gasteiger partial charge < -0.3 is 0 Å². The van der Waals surface area contributed by atoms with Crippen molar-refractivity contribution in [2.75, 3.05) is 0 Å². The van der Waals surface area contributed by atoms with Crippen molar-refractivity contribution < 1.29 is 13.2 Å². The van der Waals surface area contributed by atoms with Crippen molar-refractivity contribution in [2.24, 2.45) is 0 Å². The van der Waals surface area contributed by atoms with E-state index < -0.39 is 11.7 Å². The van der Waals surface area contributed by atoms with Crippen molar-refractivity contribution in [3.63, 3.8) is 0 Å². The minimum atomic E-state index is -4.36. The fraction of sp³-hybridized carbons (Fsp3) is 0.143. The molecule has 0 spiro atoms. The number of rotatable bonds is 0. The van der Waals surface area contributed by atoms with Crippen LogP contribution < -0.4 is 0 Å². The third kappa shape index (κ3) is 1.34. The molecule has 0 amide bonds. The standard InChI is InChI=1S/C7H4F3N3/c8-7(9,10)5-3-12-6-11-1-2-13(6)4-5/h1-4H. The number of nitrogens with zero attached hydrogens (tertiary/aromatic N) is 3. The predicted molar refractivity (Wildman–Crippen MR) is 38.0 cm³/mol. The summed E-state index contributed by atoms with van der Waals surface area (Å²) in [4.78, 5) is 7.27. The van der Waals surface area contributed by atoms with E-state index in [0.717, 1.165) is 12.4 Å². The maximum Gasteiger partial charge on any atom is 0.419 e. The first kappa shape index (κ1) is 8.03. The minimum absolute atomic E-state index is 0.257. The van der Waals surface area contributed by atoms with Gasteiger partial charge in [0.15, 0.2) is 0 Å². The monoisotopic (exact) mass is 187 g/mol. The highest BCUT2D eigenvalue weighted by atomic mass is 19.4. The summed E-state index contributed by atoms with van der Waals surface area (Å²) >= 11 is 0. The number of alkyl halides is 3. The highest BCUT2D eigenvalue weighted by molar-refractivity contribution is 5.29. The maximum absolute atomic E-state index is 12.1. The molecule has 0 radical (unpaired) electrons. The first-order valence-electron chi connectivity index (χ1n) is 3.43. The normalized spacial score (nSPS) is 12.2. The van der Waals surface area contributed by atoms with Gasteiger partial charge in [0, 0.05) is 24.8 Å². The molecule has 0 bridgehead atoms. The minimum Gasteiger partial charge on any atom is -0.291 e. The first-order chi connectivity index (χ1) is 6.07. The van der Waals surface area contributed by atoms with Gasteiger partial charge in [-0.2, -0.15) is 13.2 Å². The van der Waals surface area contributed by atoms with Crippen LogP contribution in [0, 0.1) is 0 Å². The molecule has 2 rings (SSSR count). The molecule has 0 aliphatic heterocycles. The number of imidazole rings is 1. The molecule has 0 aromatic carbocycles. The summed E-state index contributed by atoms with van der Waals surface area (Å²) in [5, 5.41) is 0. The smallest absolute Gasteiger partial charge is 0.291 e. The van der Waals surface area contributed by atoms with Gasteiger partial charge in [0.25, 0.3) is 0 Å². The fourth-order valence-electron chi connectivity index (χ4n) is 0.963. The first-order valence-corrected chi connectivity index (χ1v) is 3.43. The summed E-state index contributed by atoms with van der Waals surface area (Å²) < 4.78 is 37.7. The zero-order valence-corrected chi connectivity index (χ0v) is 6.28. The Balaban J connectivity index is 2.61. The molecular weight excluding hydrogens is 183 g/mol. The Labute approximate surface area is 70.9 Å². The van der Waals surface area contributed by atoms with Crippen LogP contribution in [-0.2, 0) is 6.18 Å². The van der Waals surface area contributed by atoms with Crippen molar-refractivity contribution in [1.82, 2.24) is 14.4 Å². The highest BCUT2D eigenvalue weighted by Gasteiger charge is 2.31. The molecule has 0 atom stereocenters. The lowest BCUT2D eigenvalue weighted by molar-refractivity contribution is -0.138. The van der Waals surface area contributed by atoms with Gasteiger partial charge in [-0.1, -0.05) is 0 Å². The lowest BCUT2D eigenvalue weighted by atomic mass is 10.3. The van der Waals surface area contributed by atoms with Crippen molar-refractivity contribution in [1.29, 1.82) is 0 Å². The van der Waals surface area contributed by atoms with E-state index in [9.17, 15) is 13.2 Å². The second-order valence-corrected chi connectivity index (χ2v) is 2.47. The number of aromatic nitrogens is 3. The molecule has 68 valence electrons. The van der Waals surface area contributed by atoms with Crippen molar-refractivity contribution in [2.45, 2.75) is 6.18 Å². The quantitative estimate of drug-likeness (QED) is 0.628. The lowest BCUT2D eigenvalue weighted by Crippen LogP contribution is -2.07. The van der Waals surface area contributed by atoms with E-state index in [0.29, 0.717) is 0 Å². The molecule has 2 aromatic rings. The third-order valence-electron chi connectivity index (χ3n) is 1.57. The second kappa shape index (κ2) is 2.45. The van der Waals surface area contributed by atoms with E-state index in [4.69, 9.17) is 0 Å². The van der Waals surface area contributed by atoms with Gasteiger partial charge in [-0.25, -0.2) is 9.97 Å². The van der Waals surface area contributed by atoms with Crippen LogP contribution in [0.1, 0.15) is 5.56 Å². The topological polar surface area (TPSA) is 30.2 Å². The van der Waals surface area contributed by atoms with E-state index in [1.165, 1.54) is 16.8 Å². The summed E-state index contributed by atoms with van der Waals surface area (Å²) in [7, 11) is 0. The molecule has 0 fully saturated rings. The molecule has 0 saturated carbocycles. The van der Waals surface area contributed by atoms with Crippen LogP contribution in [0.2, 0.25) is 0 Å². The molecule has 0 N–H and O–H groups in total. The molecule has 0 aliphatic rings. The van der Waals surface area contributed by atoms with Gasteiger partial charge in [0.1, 0.15) is 0 Å². The zero-order chi connectivity index (χ0) is 9.47. The van der Waals surface area contributed by atoms with Crippen LogP contribution >= 0.6 is 0 Å². The van der Waals surface area contributed by atoms with E-state index in [-0.39, 0.29) is 5.78 Å². The number of hydrogen-bond acceptors (Lipinski definition) is 2. The number of fused-ring (bicyclic) bond motifs is 1. The largest absolute Gasteiger partial charge is 0.419 e. The molecule has 2 heterocycles. The number of hydrogen-bond donors (Lipinski definition) is 0. The molecule has 3 nitrogen and oxygen atoms in total. The Morgan fingerprint density at radius 3 is 2.69 bits per heavy atom. The van der Waals surface area contributed by atoms with E-state index in [1.54, 1.807) is 0 Å². The Kier molecular flexibility index (Phi) is 1.51. The summed E-state index contributed by atoms with van der Waals surface area (Å²) in [5.74, 6) is 0.257. The molecule has 0 aliphatic carbocycles. The van der Waals surface area contributed by atoms with Crippen LogP contribution in [0.25, 0.3) is 5.78 Å². The molecular formula is C7H4F3N3. The van der Waals surface area contributed by atoms with Crippen molar-refractivity contribution >= 4 is 5.78 Å². The molecule has 0 unspecified atom stereocenters. The number of halogens is 3. The Morgan fingerprint density at radius 2 is 2.00 bits per heavy atom. The van der Waals surface area contributed by atoms with Crippen molar-refractivity contribution in [3.05, 3.63) is 30.4 Å². The Hall–Kier alpha value is -1.59. The van der Waals surface area contributed by atoms with Crippen molar-refractivity contribution in [3.8, 4) is 0 Å². The van der Waals surface area contributed by atoms with Crippen LogP contribution in [0.4, 0.5) is 13.2 Å². The molecule has 2 aromatic heterocycles. The molecule has 13 heavy (non-hydrogen) atoms. The lowest BCUT2D eigenvalue weighted by Gasteiger charge is -2.05. The molecule has 0 saturated heterocycles. The third-order valence-corrected chi connectivity index (χ3v) is 1.57. The SMILES string of the molecule is FC(F)(F)c1cnc2nccn2c1. The summed E-state index contributed by atoms with van der Waals surface area (Å²) in [6, 6.07) is 0. The summed E-state index contributed by atoms with van der Waals surface area (Å²) in [5.41, 5.74) is -0.780. The molecule has 6 heteroatoms. The van der Waals surface area contributed by atoms with Gasteiger partial charge in [-0.05, 0) is 0 Å². The average Bonchev–Trinajstić information content (AvgIpc) is 2.47. The van der Waals surface area contributed by atoms with Gasteiger partial charge in [-0.15, -0.1) is 0 Å². The predicted octanol–water partition coefficient (Wildman–Crippen LogP) is 1.75. The van der Waals surface area contributed by atoms with Crippen LogP contribution in [0.15, 0.2) is 24.8 Å². The average molecular weight is 187 g/mol. The Bertz CT molecular complexity index is 432. The van der Waals surface area contributed by atoms with Crippen LogP contribution in [0.3, 0.4) is 0 Å². The zero-order valence-electron chi connectivity index (χ0n) is 6.28. The van der Waals surface area contributed by atoms with Gasteiger partial charge in [0.05, 0.1) is 5.56 Å². The van der Waals surface area contributed by atoms with Crippen LogP contribution in [0.5, 0.6) is 0 Å².